The molecule has 1 atom stereocenters. The molecule has 0 bridgehead atoms. The molecule has 0 aliphatic carbocycles. The van der Waals surface area contributed by atoms with Gasteiger partial charge in [0.2, 0.25) is 0 Å². The molecular formula is C14H17F2NO. The molecule has 4 heteroatoms. The van der Waals surface area contributed by atoms with Gasteiger partial charge in [0.15, 0.2) is 11.6 Å². The standard InChI is InChI=1S/C14H17F2NO/c1-10(18)12-3-2-6-17(9-12)8-11-4-5-13(15)14(16)7-11/h4-5,7,12H,2-3,6,8-9H2,1H3/t12-/m0/s1. The van der Waals surface area contributed by atoms with E-state index in [1.807, 2.05) is 0 Å². The van der Waals surface area contributed by atoms with Gasteiger partial charge in [-0.2, -0.15) is 0 Å². The van der Waals surface area contributed by atoms with Crippen LogP contribution >= 0.6 is 0 Å². The first-order chi connectivity index (χ1) is 8.56. The third kappa shape index (κ3) is 3.13. The molecule has 0 radical (unpaired) electrons. The van der Waals surface area contributed by atoms with E-state index in [0.717, 1.165) is 31.0 Å². The molecule has 1 saturated heterocycles. The van der Waals surface area contributed by atoms with E-state index >= 15 is 0 Å². The third-order valence-corrected chi connectivity index (χ3v) is 3.47. The number of hydrogen-bond acceptors (Lipinski definition) is 2. The van der Waals surface area contributed by atoms with Crippen LogP contribution in [-0.4, -0.2) is 23.8 Å². The molecular weight excluding hydrogens is 236 g/mol. The molecule has 1 fully saturated rings. The van der Waals surface area contributed by atoms with Crippen LogP contribution in [0.5, 0.6) is 0 Å². The second-order valence-corrected chi connectivity index (χ2v) is 4.93. The Hall–Kier alpha value is -1.29. The topological polar surface area (TPSA) is 20.3 Å². The van der Waals surface area contributed by atoms with Gasteiger partial charge in [-0.15, -0.1) is 0 Å². The number of carbonyl (C=O) groups is 1. The van der Waals surface area contributed by atoms with Crippen molar-refractivity contribution in [3.8, 4) is 0 Å². The lowest BCUT2D eigenvalue weighted by Gasteiger charge is -2.31. The van der Waals surface area contributed by atoms with Gasteiger partial charge >= 0.3 is 0 Å². The molecule has 0 spiro atoms. The molecule has 0 saturated carbocycles. The molecule has 18 heavy (non-hydrogen) atoms. The minimum Gasteiger partial charge on any atom is -0.300 e. The van der Waals surface area contributed by atoms with Crippen LogP contribution in [0.2, 0.25) is 0 Å². The largest absolute Gasteiger partial charge is 0.300 e. The van der Waals surface area contributed by atoms with Gasteiger partial charge in [-0.25, -0.2) is 8.78 Å². The zero-order chi connectivity index (χ0) is 13.1. The second kappa shape index (κ2) is 5.57. The van der Waals surface area contributed by atoms with Gasteiger partial charge < -0.3 is 0 Å². The van der Waals surface area contributed by atoms with Crippen molar-refractivity contribution in [2.24, 2.45) is 5.92 Å². The molecule has 1 aliphatic heterocycles. The van der Waals surface area contributed by atoms with Crippen molar-refractivity contribution in [2.45, 2.75) is 26.3 Å². The van der Waals surface area contributed by atoms with E-state index in [-0.39, 0.29) is 11.7 Å². The van der Waals surface area contributed by atoms with E-state index in [4.69, 9.17) is 0 Å². The van der Waals surface area contributed by atoms with Crippen molar-refractivity contribution < 1.29 is 13.6 Å². The predicted octanol–water partition coefficient (Wildman–Crippen LogP) is 2.77. The first-order valence-corrected chi connectivity index (χ1v) is 6.23. The van der Waals surface area contributed by atoms with Gasteiger partial charge in [0, 0.05) is 19.0 Å². The number of carbonyl (C=O) groups excluding carboxylic acids is 1. The molecule has 1 aromatic rings. The average Bonchev–Trinajstić information content (AvgIpc) is 2.34. The van der Waals surface area contributed by atoms with E-state index in [1.54, 1.807) is 13.0 Å². The summed E-state index contributed by atoms with van der Waals surface area (Å²) in [6, 6.07) is 3.97. The number of halogens is 2. The Balaban J connectivity index is 2.00. The summed E-state index contributed by atoms with van der Waals surface area (Å²) in [6.07, 6.45) is 1.91. The highest BCUT2D eigenvalue weighted by atomic mass is 19.2. The molecule has 0 unspecified atom stereocenters. The number of benzene rings is 1. The van der Waals surface area contributed by atoms with Crippen molar-refractivity contribution in [3.05, 3.63) is 35.4 Å². The summed E-state index contributed by atoms with van der Waals surface area (Å²) in [5.41, 5.74) is 0.748. The van der Waals surface area contributed by atoms with Crippen LogP contribution in [0.4, 0.5) is 8.78 Å². The monoisotopic (exact) mass is 253 g/mol. The molecule has 2 nitrogen and oxygen atoms in total. The van der Waals surface area contributed by atoms with Gasteiger partial charge in [0.05, 0.1) is 0 Å². The Labute approximate surface area is 106 Å². The quantitative estimate of drug-likeness (QED) is 0.825. The highest BCUT2D eigenvalue weighted by Gasteiger charge is 2.23. The number of ketones is 1. The van der Waals surface area contributed by atoms with Crippen LogP contribution in [0.1, 0.15) is 25.3 Å². The molecule has 0 N–H and O–H groups in total. The zero-order valence-electron chi connectivity index (χ0n) is 10.5. The van der Waals surface area contributed by atoms with E-state index in [2.05, 4.69) is 4.90 Å². The van der Waals surface area contributed by atoms with Crippen LogP contribution in [-0.2, 0) is 11.3 Å². The Morgan fingerprint density at radius 2 is 2.17 bits per heavy atom. The fraction of sp³-hybridized carbons (Fsp3) is 0.500. The Kier molecular flexibility index (Phi) is 4.07. The molecule has 2 rings (SSSR count). The van der Waals surface area contributed by atoms with Gasteiger partial charge in [-0.3, -0.25) is 9.69 Å². The van der Waals surface area contributed by atoms with Crippen LogP contribution in [0.3, 0.4) is 0 Å². The van der Waals surface area contributed by atoms with E-state index in [0.29, 0.717) is 13.1 Å². The summed E-state index contributed by atoms with van der Waals surface area (Å²) in [5.74, 6) is -1.33. The molecule has 1 aliphatic rings. The predicted molar refractivity (Wildman–Crippen MR) is 65.0 cm³/mol. The summed E-state index contributed by atoms with van der Waals surface area (Å²) in [4.78, 5) is 13.5. The van der Waals surface area contributed by atoms with Crippen LogP contribution in [0, 0.1) is 17.6 Å². The maximum absolute atomic E-state index is 13.1. The smallest absolute Gasteiger partial charge is 0.159 e. The summed E-state index contributed by atoms with van der Waals surface area (Å²) >= 11 is 0. The van der Waals surface area contributed by atoms with Crippen LogP contribution in [0.15, 0.2) is 18.2 Å². The number of Topliss-reactive ketones (excluding diaryl/α,β-unsaturated/α-hetero) is 1. The lowest BCUT2D eigenvalue weighted by molar-refractivity contribution is -0.122. The van der Waals surface area contributed by atoms with E-state index in [9.17, 15) is 13.6 Å². The van der Waals surface area contributed by atoms with E-state index < -0.39 is 11.6 Å². The highest BCUT2D eigenvalue weighted by molar-refractivity contribution is 5.78. The fourth-order valence-corrected chi connectivity index (χ4v) is 2.43. The Bertz CT molecular complexity index is 447. The molecule has 1 aromatic carbocycles. The Morgan fingerprint density at radius 3 is 2.83 bits per heavy atom. The zero-order valence-corrected chi connectivity index (χ0v) is 10.5. The third-order valence-electron chi connectivity index (χ3n) is 3.47. The maximum atomic E-state index is 13.1. The molecule has 1 heterocycles. The average molecular weight is 253 g/mol. The van der Waals surface area contributed by atoms with Crippen molar-refractivity contribution in [1.82, 2.24) is 4.90 Å². The highest BCUT2D eigenvalue weighted by Crippen LogP contribution is 2.20. The number of nitrogens with zero attached hydrogens (tertiary/aromatic N) is 1. The summed E-state index contributed by atoms with van der Waals surface area (Å²) in [7, 11) is 0. The second-order valence-electron chi connectivity index (χ2n) is 4.93. The Morgan fingerprint density at radius 1 is 1.39 bits per heavy atom. The summed E-state index contributed by atoms with van der Waals surface area (Å²) in [5, 5.41) is 0. The first kappa shape index (κ1) is 13.1. The van der Waals surface area contributed by atoms with Crippen molar-refractivity contribution in [2.75, 3.05) is 13.1 Å². The molecule has 0 aromatic heterocycles. The number of piperidine rings is 1. The lowest BCUT2D eigenvalue weighted by Crippen LogP contribution is -2.37. The SMILES string of the molecule is CC(=O)[C@H]1CCCN(Cc2ccc(F)c(F)c2)C1. The van der Waals surface area contributed by atoms with Crippen molar-refractivity contribution in [3.63, 3.8) is 0 Å². The van der Waals surface area contributed by atoms with Gasteiger partial charge in [0.1, 0.15) is 5.78 Å². The van der Waals surface area contributed by atoms with Gasteiger partial charge in [-0.05, 0) is 44.0 Å². The van der Waals surface area contributed by atoms with Gasteiger partial charge in [-0.1, -0.05) is 6.07 Å². The molecule has 0 amide bonds. The maximum Gasteiger partial charge on any atom is 0.159 e. The number of likely N-dealkylation sites (tertiary alicyclic amines) is 1. The van der Waals surface area contributed by atoms with E-state index in [1.165, 1.54) is 6.07 Å². The minimum absolute atomic E-state index is 0.0871. The van der Waals surface area contributed by atoms with Crippen molar-refractivity contribution in [1.29, 1.82) is 0 Å². The summed E-state index contributed by atoms with van der Waals surface area (Å²) < 4.78 is 25.9. The van der Waals surface area contributed by atoms with Crippen LogP contribution < -0.4 is 0 Å². The minimum atomic E-state index is -0.820. The molecule has 98 valence electrons. The van der Waals surface area contributed by atoms with Gasteiger partial charge in [0.25, 0.3) is 0 Å². The normalized spacial score (nSPS) is 20.9. The van der Waals surface area contributed by atoms with Crippen molar-refractivity contribution >= 4 is 5.78 Å². The number of hydrogen-bond donors (Lipinski definition) is 0. The fourth-order valence-electron chi connectivity index (χ4n) is 2.43. The summed E-state index contributed by atoms with van der Waals surface area (Å²) in [6.45, 7) is 3.81. The lowest BCUT2D eigenvalue weighted by atomic mass is 9.94. The first-order valence-electron chi connectivity index (χ1n) is 6.23. The van der Waals surface area contributed by atoms with Crippen LogP contribution in [0.25, 0.3) is 0 Å². The number of rotatable bonds is 3.